The smallest absolute Gasteiger partial charge is 0.214 e. The van der Waals surface area contributed by atoms with Crippen LogP contribution in [0.15, 0.2) is 42.5 Å². The van der Waals surface area contributed by atoms with Crippen molar-refractivity contribution in [3.05, 3.63) is 48.0 Å². The van der Waals surface area contributed by atoms with Gasteiger partial charge in [-0.1, -0.05) is 49.4 Å². The normalized spacial score (nSPS) is 17.6. The summed E-state index contributed by atoms with van der Waals surface area (Å²) in [6, 6.07) is 14.9. The molecule has 0 aliphatic carbocycles. The topological polar surface area (TPSA) is 41.8 Å². The highest BCUT2D eigenvalue weighted by Gasteiger charge is 2.28. The molecular formula is C18H25N2O2S+. The molecule has 23 heavy (non-hydrogen) atoms. The van der Waals surface area contributed by atoms with Crippen molar-refractivity contribution >= 4 is 20.8 Å². The van der Waals surface area contributed by atoms with Crippen molar-refractivity contribution in [3.8, 4) is 0 Å². The van der Waals surface area contributed by atoms with Crippen LogP contribution in [0.25, 0.3) is 10.8 Å². The van der Waals surface area contributed by atoms with E-state index in [9.17, 15) is 8.42 Å². The molecular weight excluding hydrogens is 308 g/mol. The lowest BCUT2D eigenvalue weighted by molar-refractivity contribution is -0.917. The zero-order valence-electron chi connectivity index (χ0n) is 13.7. The third-order valence-corrected chi connectivity index (χ3v) is 6.68. The summed E-state index contributed by atoms with van der Waals surface area (Å²) in [5.41, 5.74) is 1.35. The number of hydrogen-bond acceptors (Lipinski definition) is 2. The number of quaternary nitrogens is 1. The number of nitrogens with zero attached hydrogens (tertiary/aromatic N) is 1. The molecule has 1 heterocycles. The van der Waals surface area contributed by atoms with Crippen molar-refractivity contribution in [2.75, 3.05) is 31.9 Å². The van der Waals surface area contributed by atoms with Crippen molar-refractivity contribution < 1.29 is 13.3 Å². The van der Waals surface area contributed by atoms with E-state index in [1.54, 1.807) is 4.31 Å². The molecule has 0 aromatic heterocycles. The second-order valence-corrected chi connectivity index (χ2v) is 8.37. The third kappa shape index (κ3) is 3.74. The van der Waals surface area contributed by atoms with E-state index in [2.05, 4.69) is 42.5 Å². The summed E-state index contributed by atoms with van der Waals surface area (Å²) in [6.45, 7) is 5.92. The highest BCUT2D eigenvalue weighted by Crippen LogP contribution is 2.17. The summed E-state index contributed by atoms with van der Waals surface area (Å²) in [5, 5.41) is 2.58. The Morgan fingerprint density at radius 3 is 2.48 bits per heavy atom. The number of hydrogen-bond donors (Lipinski definition) is 1. The van der Waals surface area contributed by atoms with Crippen molar-refractivity contribution in [2.24, 2.45) is 0 Å². The third-order valence-electron chi connectivity index (χ3n) is 4.61. The zero-order chi connectivity index (χ0) is 16.3. The first kappa shape index (κ1) is 16.4. The van der Waals surface area contributed by atoms with E-state index in [0.717, 1.165) is 19.6 Å². The van der Waals surface area contributed by atoms with Crippen LogP contribution < -0.4 is 4.90 Å². The highest BCUT2D eigenvalue weighted by molar-refractivity contribution is 7.89. The molecule has 0 radical (unpaired) electrons. The molecule has 1 aliphatic rings. The molecule has 2 aromatic carbocycles. The number of rotatable bonds is 5. The van der Waals surface area contributed by atoms with Crippen molar-refractivity contribution in [3.63, 3.8) is 0 Å². The highest BCUT2D eigenvalue weighted by atomic mass is 32.2. The molecule has 0 bridgehead atoms. The van der Waals surface area contributed by atoms with Gasteiger partial charge in [-0.15, -0.1) is 0 Å². The van der Waals surface area contributed by atoms with Gasteiger partial charge < -0.3 is 4.90 Å². The number of sulfonamides is 1. The second kappa shape index (κ2) is 6.99. The predicted molar refractivity (Wildman–Crippen MR) is 94.0 cm³/mol. The molecule has 0 saturated carbocycles. The molecule has 0 unspecified atom stereocenters. The maximum atomic E-state index is 12.1. The summed E-state index contributed by atoms with van der Waals surface area (Å²) in [6.07, 6.45) is 0.686. The lowest BCUT2D eigenvalue weighted by Gasteiger charge is -2.31. The van der Waals surface area contributed by atoms with Crippen LogP contribution in [0.4, 0.5) is 0 Å². The van der Waals surface area contributed by atoms with Gasteiger partial charge in [0.1, 0.15) is 6.54 Å². The molecule has 1 fully saturated rings. The minimum Gasteiger partial charge on any atom is -0.329 e. The van der Waals surface area contributed by atoms with E-state index in [-0.39, 0.29) is 5.75 Å². The summed E-state index contributed by atoms with van der Waals surface area (Å²) in [5.74, 6) is 0.270. The van der Waals surface area contributed by atoms with E-state index in [1.165, 1.54) is 21.2 Å². The van der Waals surface area contributed by atoms with Gasteiger partial charge in [-0.3, -0.25) is 0 Å². The lowest BCUT2D eigenvalue weighted by atomic mass is 10.0. The maximum Gasteiger partial charge on any atom is 0.214 e. The summed E-state index contributed by atoms with van der Waals surface area (Å²) in [4.78, 5) is 1.46. The molecule has 124 valence electrons. The summed E-state index contributed by atoms with van der Waals surface area (Å²) >= 11 is 0. The fourth-order valence-electron chi connectivity index (χ4n) is 3.36. The van der Waals surface area contributed by atoms with Gasteiger partial charge in [0.25, 0.3) is 0 Å². The van der Waals surface area contributed by atoms with Crippen LogP contribution in [0.2, 0.25) is 0 Å². The molecule has 0 amide bonds. The average Bonchev–Trinajstić information content (AvgIpc) is 2.56. The number of nitrogens with one attached hydrogen (secondary N) is 1. The first-order chi connectivity index (χ1) is 11.1. The molecule has 3 rings (SSSR count). The molecule has 0 atom stereocenters. The predicted octanol–water partition coefficient (Wildman–Crippen LogP) is 1.28. The van der Waals surface area contributed by atoms with Crippen LogP contribution in [0, 0.1) is 0 Å². The van der Waals surface area contributed by atoms with Gasteiger partial charge in [-0.05, 0) is 17.2 Å². The van der Waals surface area contributed by atoms with Crippen LogP contribution in [-0.4, -0.2) is 44.7 Å². The molecule has 5 heteroatoms. The van der Waals surface area contributed by atoms with Crippen molar-refractivity contribution in [2.45, 2.75) is 19.9 Å². The Balaban J connectivity index is 1.67. The van der Waals surface area contributed by atoms with Gasteiger partial charge in [0.2, 0.25) is 10.0 Å². The Morgan fingerprint density at radius 1 is 1.04 bits per heavy atom. The minimum atomic E-state index is -3.04. The van der Waals surface area contributed by atoms with Crippen molar-refractivity contribution in [1.82, 2.24) is 4.31 Å². The standard InChI is InChI=1S/C18H24N2O2S/c1-2-14-23(21,22)20-12-10-19(11-13-20)15-17-8-5-7-16-6-3-4-9-18(16)17/h3-9H,2,10-15H2,1H3/p+1. The monoisotopic (exact) mass is 333 g/mol. The van der Waals surface area contributed by atoms with Crippen LogP contribution in [-0.2, 0) is 16.6 Å². The van der Waals surface area contributed by atoms with Crippen molar-refractivity contribution in [1.29, 1.82) is 0 Å². The summed E-state index contributed by atoms with van der Waals surface area (Å²) < 4.78 is 26.0. The van der Waals surface area contributed by atoms with Gasteiger partial charge >= 0.3 is 0 Å². The molecule has 0 spiro atoms. The number of benzene rings is 2. The van der Waals surface area contributed by atoms with Gasteiger partial charge in [0.15, 0.2) is 0 Å². The Bertz CT molecular complexity index is 760. The Labute approximate surface area is 138 Å². The SMILES string of the molecule is CCCS(=O)(=O)N1CC[NH+](Cc2cccc3ccccc23)CC1. The van der Waals surface area contributed by atoms with Gasteiger partial charge in [-0.25, -0.2) is 8.42 Å². The van der Waals surface area contributed by atoms with Crippen LogP contribution in [0.1, 0.15) is 18.9 Å². The second-order valence-electron chi connectivity index (χ2n) is 6.28. The average molecular weight is 333 g/mol. The fourth-order valence-corrected chi connectivity index (χ4v) is 4.87. The Kier molecular flexibility index (Phi) is 4.99. The van der Waals surface area contributed by atoms with Crippen LogP contribution in [0.3, 0.4) is 0 Å². The molecule has 4 nitrogen and oxygen atoms in total. The quantitative estimate of drug-likeness (QED) is 0.896. The largest absolute Gasteiger partial charge is 0.329 e. The lowest BCUT2D eigenvalue weighted by Crippen LogP contribution is -3.13. The van der Waals surface area contributed by atoms with Gasteiger partial charge in [0, 0.05) is 5.56 Å². The van der Waals surface area contributed by atoms with Crippen LogP contribution in [0.5, 0.6) is 0 Å². The fraction of sp³-hybridized carbons (Fsp3) is 0.444. The molecule has 2 aromatic rings. The van der Waals surface area contributed by atoms with E-state index in [1.807, 2.05) is 6.92 Å². The minimum absolute atomic E-state index is 0.270. The molecule has 1 N–H and O–H groups in total. The first-order valence-corrected chi connectivity index (χ1v) is 9.99. The van der Waals surface area contributed by atoms with E-state index >= 15 is 0 Å². The van der Waals surface area contributed by atoms with Gasteiger partial charge in [0.05, 0.1) is 31.9 Å². The van der Waals surface area contributed by atoms with E-state index in [4.69, 9.17) is 0 Å². The van der Waals surface area contributed by atoms with Crippen LogP contribution >= 0.6 is 0 Å². The number of piperazine rings is 1. The zero-order valence-corrected chi connectivity index (χ0v) is 14.5. The van der Waals surface area contributed by atoms with Gasteiger partial charge in [-0.2, -0.15) is 4.31 Å². The Hall–Kier alpha value is -1.43. The van der Waals surface area contributed by atoms with E-state index < -0.39 is 10.0 Å². The first-order valence-electron chi connectivity index (χ1n) is 8.38. The Morgan fingerprint density at radius 2 is 1.74 bits per heavy atom. The number of fused-ring (bicyclic) bond motifs is 1. The maximum absolute atomic E-state index is 12.1. The molecule has 1 saturated heterocycles. The molecule has 1 aliphatic heterocycles. The summed E-state index contributed by atoms with van der Waals surface area (Å²) in [7, 11) is -3.04. The van der Waals surface area contributed by atoms with E-state index in [0.29, 0.717) is 19.5 Å².